The quantitative estimate of drug-likeness (QED) is 0.803. The van der Waals surface area contributed by atoms with Crippen molar-refractivity contribution in [3.8, 4) is 0 Å². The van der Waals surface area contributed by atoms with Gasteiger partial charge in [-0.05, 0) is 12.1 Å². The fourth-order valence-corrected chi connectivity index (χ4v) is 2.16. The zero-order valence-electron chi connectivity index (χ0n) is 9.49. The van der Waals surface area contributed by atoms with Crippen molar-refractivity contribution >= 4 is 27.5 Å². The summed E-state index contributed by atoms with van der Waals surface area (Å²) in [6.45, 7) is 1.83. The molecule has 90 valence electrons. The Hall–Kier alpha value is -1.000. The Labute approximate surface area is 109 Å². The normalized spacial score (nSPS) is 17.1. The maximum absolute atomic E-state index is 12.0. The van der Waals surface area contributed by atoms with Crippen LogP contribution in [0.2, 0.25) is 0 Å². The minimum Gasteiger partial charge on any atom is -0.300 e. The fourth-order valence-electron chi connectivity index (χ4n) is 1.89. The van der Waals surface area contributed by atoms with Crippen molar-refractivity contribution in [2.45, 2.75) is 12.8 Å². The molecule has 0 bridgehead atoms. The third-order valence-electron chi connectivity index (χ3n) is 2.95. The van der Waals surface area contributed by atoms with Crippen LogP contribution in [0.4, 0.5) is 0 Å². The molecule has 1 aliphatic rings. The standard InChI is InChI=1S/C13H14BrNO2/c14-11-3-1-10(2-4-11)13(17)9-15-7-5-12(16)6-8-15/h1-4H,5-9H2. The first kappa shape index (κ1) is 12.5. The molecule has 1 aromatic rings. The Kier molecular flexibility index (Phi) is 4.07. The highest BCUT2D eigenvalue weighted by Gasteiger charge is 2.18. The minimum atomic E-state index is 0.117. The van der Waals surface area contributed by atoms with Crippen molar-refractivity contribution in [3.05, 3.63) is 34.3 Å². The van der Waals surface area contributed by atoms with Gasteiger partial charge >= 0.3 is 0 Å². The molecule has 2 rings (SSSR count). The second-order valence-electron chi connectivity index (χ2n) is 4.24. The van der Waals surface area contributed by atoms with Gasteiger partial charge in [-0.1, -0.05) is 28.1 Å². The van der Waals surface area contributed by atoms with Gasteiger partial charge in [0.15, 0.2) is 5.78 Å². The predicted molar refractivity (Wildman–Crippen MR) is 69.2 cm³/mol. The largest absolute Gasteiger partial charge is 0.300 e. The summed E-state index contributed by atoms with van der Waals surface area (Å²) in [5.41, 5.74) is 0.727. The van der Waals surface area contributed by atoms with Crippen molar-refractivity contribution in [1.82, 2.24) is 4.90 Å². The molecule has 4 heteroatoms. The van der Waals surface area contributed by atoms with Crippen LogP contribution in [0.3, 0.4) is 0 Å². The van der Waals surface area contributed by atoms with Crippen LogP contribution in [0.5, 0.6) is 0 Å². The first-order chi connectivity index (χ1) is 8.15. The lowest BCUT2D eigenvalue weighted by Crippen LogP contribution is -2.37. The number of carbonyl (C=O) groups is 2. The summed E-state index contributed by atoms with van der Waals surface area (Å²) in [6.07, 6.45) is 1.15. The average molecular weight is 296 g/mol. The van der Waals surface area contributed by atoms with Gasteiger partial charge in [-0.25, -0.2) is 0 Å². The number of halogens is 1. The predicted octanol–water partition coefficient (Wildman–Crippen LogP) is 2.30. The van der Waals surface area contributed by atoms with Gasteiger partial charge in [0.1, 0.15) is 5.78 Å². The number of hydrogen-bond donors (Lipinski definition) is 0. The van der Waals surface area contributed by atoms with Gasteiger partial charge in [-0.15, -0.1) is 0 Å². The second-order valence-corrected chi connectivity index (χ2v) is 5.16. The van der Waals surface area contributed by atoms with Crippen LogP contribution in [0.25, 0.3) is 0 Å². The van der Waals surface area contributed by atoms with Crippen LogP contribution in [-0.4, -0.2) is 36.1 Å². The van der Waals surface area contributed by atoms with E-state index in [0.717, 1.165) is 10.0 Å². The molecule has 0 saturated carbocycles. The molecule has 1 aliphatic heterocycles. The monoisotopic (exact) mass is 295 g/mol. The van der Waals surface area contributed by atoms with Gasteiger partial charge in [0.05, 0.1) is 6.54 Å². The zero-order valence-corrected chi connectivity index (χ0v) is 11.1. The van der Waals surface area contributed by atoms with E-state index in [2.05, 4.69) is 15.9 Å². The number of benzene rings is 1. The first-order valence-corrected chi connectivity index (χ1v) is 6.47. The highest BCUT2D eigenvalue weighted by atomic mass is 79.9. The lowest BCUT2D eigenvalue weighted by Gasteiger charge is -2.24. The van der Waals surface area contributed by atoms with Crippen LogP contribution >= 0.6 is 15.9 Å². The molecule has 1 heterocycles. The summed E-state index contributed by atoms with van der Waals surface area (Å²) in [6, 6.07) is 7.38. The summed E-state index contributed by atoms with van der Waals surface area (Å²) in [5.74, 6) is 0.421. The molecule has 0 spiro atoms. The van der Waals surface area contributed by atoms with Crippen LogP contribution in [0.15, 0.2) is 28.7 Å². The second kappa shape index (κ2) is 5.56. The third kappa shape index (κ3) is 3.48. The van der Waals surface area contributed by atoms with E-state index in [0.29, 0.717) is 38.3 Å². The number of Topliss-reactive ketones (excluding diaryl/α,β-unsaturated/α-hetero) is 2. The highest BCUT2D eigenvalue weighted by Crippen LogP contribution is 2.12. The molecule has 0 radical (unpaired) electrons. The fraction of sp³-hybridized carbons (Fsp3) is 0.385. The van der Waals surface area contributed by atoms with Crippen LogP contribution in [-0.2, 0) is 4.79 Å². The van der Waals surface area contributed by atoms with Crippen LogP contribution < -0.4 is 0 Å². The molecule has 3 nitrogen and oxygen atoms in total. The van der Waals surface area contributed by atoms with Gasteiger partial charge < -0.3 is 0 Å². The molecule has 0 atom stereocenters. The first-order valence-electron chi connectivity index (χ1n) is 5.68. The Morgan fingerprint density at radius 2 is 1.76 bits per heavy atom. The minimum absolute atomic E-state index is 0.117. The van der Waals surface area contributed by atoms with Gasteiger partial charge in [-0.2, -0.15) is 0 Å². The SMILES string of the molecule is O=C1CCN(CC(=O)c2ccc(Br)cc2)CC1. The molecule has 0 aromatic heterocycles. The van der Waals surface area contributed by atoms with E-state index in [4.69, 9.17) is 0 Å². The zero-order chi connectivity index (χ0) is 12.3. The summed E-state index contributed by atoms with van der Waals surface area (Å²) in [5, 5.41) is 0. The maximum atomic E-state index is 12.0. The molecule has 1 saturated heterocycles. The number of ketones is 2. The summed E-state index contributed by atoms with van der Waals surface area (Å²) >= 11 is 3.34. The average Bonchev–Trinajstić information content (AvgIpc) is 2.33. The van der Waals surface area contributed by atoms with E-state index < -0.39 is 0 Å². The van der Waals surface area contributed by atoms with Crippen molar-refractivity contribution < 1.29 is 9.59 Å². The van der Waals surface area contributed by atoms with E-state index in [1.807, 2.05) is 29.2 Å². The molecule has 0 amide bonds. The Bertz CT molecular complexity index is 418. The summed E-state index contributed by atoms with van der Waals surface area (Å²) in [4.78, 5) is 25.1. The van der Waals surface area contributed by atoms with Gasteiger partial charge in [0.2, 0.25) is 0 Å². The van der Waals surface area contributed by atoms with Gasteiger partial charge in [0, 0.05) is 36.0 Å². The molecular weight excluding hydrogens is 282 g/mol. The number of piperidine rings is 1. The third-order valence-corrected chi connectivity index (χ3v) is 3.48. The van der Waals surface area contributed by atoms with E-state index in [-0.39, 0.29) is 5.78 Å². The number of carbonyl (C=O) groups excluding carboxylic acids is 2. The Morgan fingerprint density at radius 1 is 1.18 bits per heavy atom. The van der Waals surface area contributed by atoms with Crippen molar-refractivity contribution in [2.75, 3.05) is 19.6 Å². The molecule has 0 N–H and O–H groups in total. The van der Waals surface area contributed by atoms with E-state index in [9.17, 15) is 9.59 Å². The molecule has 1 fully saturated rings. The molecule has 1 aromatic carbocycles. The van der Waals surface area contributed by atoms with Crippen LogP contribution in [0, 0.1) is 0 Å². The van der Waals surface area contributed by atoms with E-state index in [1.54, 1.807) is 0 Å². The number of rotatable bonds is 3. The van der Waals surface area contributed by atoms with E-state index in [1.165, 1.54) is 0 Å². The number of likely N-dealkylation sites (tertiary alicyclic amines) is 1. The number of nitrogens with zero attached hydrogens (tertiary/aromatic N) is 1. The lowest BCUT2D eigenvalue weighted by atomic mass is 10.1. The Balaban J connectivity index is 1.93. The summed E-state index contributed by atoms with van der Waals surface area (Å²) in [7, 11) is 0. The molecular formula is C13H14BrNO2. The lowest BCUT2D eigenvalue weighted by molar-refractivity contribution is -0.121. The van der Waals surface area contributed by atoms with Crippen molar-refractivity contribution in [1.29, 1.82) is 0 Å². The van der Waals surface area contributed by atoms with Crippen molar-refractivity contribution in [3.63, 3.8) is 0 Å². The number of hydrogen-bond acceptors (Lipinski definition) is 3. The van der Waals surface area contributed by atoms with Gasteiger partial charge in [0.25, 0.3) is 0 Å². The topological polar surface area (TPSA) is 37.4 Å². The Morgan fingerprint density at radius 3 is 2.35 bits per heavy atom. The summed E-state index contributed by atoms with van der Waals surface area (Å²) < 4.78 is 0.970. The van der Waals surface area contributed by atoms with Gasteiger partial charge in [-0.3, -0.25) is 14.5 Å². The maximum Gasteiger partial charge on any atom is 0.176 e. The van der Waals surface area contributed by atoms with Crippen LogP contribution in [0.1, 0.15) is 23.2 Å². The highest BCUT2D eigenvalue weighted by molar-refractivity contribution is 9.10. The van der Waals surface area contributed by atoms with Crippen molar-refractivity contribution in [2.24, 2.45) is 0 Å². The van der Waals surface area contributed by atoms with E-state index >= 15 is 0 Å². The molecule has 0 aliphatic carbocycles. The molecule has 17 heavy (non-hydrogen) atoms. The molecule has 0 unspecified atom stereocenters. The smallest absolute Gasteiger partial charge is 0.176 e.